The molecule has 0 aliphatic heterocycles. The second-order valence-electron chi connectivity index (χ2n) is 6.20. The second kappa shape index (κ2) is 8.66. The number of halogens is 3. The molecule has 9 heteroatoms. The highest BCUT2D eigenvalue weighted by Crippen LogP contribution is 2.36. The van der Waals surface area contributed by atoms with Gasteiger partial charge in [-0.1, -0.05) is 12.1 Å². The number of anilines is 1. The number of hydrogen-bond acceptors (Lipinski definition) is 6. The van der Waals surface area contributed by atoms with E-state index in [0.717, 1.165) is 47.8 Å². The van der Waals surface area contributed by atoms with E-state index in [1.165, 1.54) is 23.5 Å². The number of benzene rings is 1. The van der Waals surface area contributed by atoms with Crippen molar-refractivity contribution < 1.29 is 13.2 Å². The van der Waals surface area contributed by atoms with Crippen molar-refractivity contribution in [3.05, 3.63) is 47.8 Å². The average Bonchev–Trinajstić information content (AvgIpc) is 3.07. The van der Waals surface area contributed by atoms with Gasteiger partial charge in [0.25, 0.3) is 0 Å². The molecule has 0 aliphatic carbocycles. The van der Waals surface area contributed by atoms with E-state index in [-0.39, 0.29) is 0 Å². The van der Waals surface area contributed by atoms with E-state index in [1.54, 1.807) is 12.3 Å². The summed E-state index contributed by atoms with van der Waals surface area (Å²) in [7, 11) is 0. The van der Waals surface area contributed by atoms with Crippen LogP contribution >= 0.6 is 11.3 Å². The van der Waals surface area contributed by atoms with E-state index in [0.29, 0.717) is 23.1 Å². The van der Waals surface area contributed by atoms with Crippen LogP contribution in [0, 0.1) is 6.92 Å². The third kappa shape index (κ3) is 4.85. The first kappa shape index (κ1) is 20.2. The zero-order valence-electron chi connectivity index (χ0n) is 15.3. The molecule has 148 valence electrons. The van der Waals surface area contributed by atoms with Crippen molar-refractivity contribution in [3.8, 4) is 21.1 Å². The normalized spacial score (nSPS) is 11.6. The van der Waals surface area contributed by atoms with Gasteiger partial charge >= 0.3 is 6.18 Å². The van der Waals surface area contributed by atoms with Gasteiger partial charge in [-0.3, -0.25) is 0 Å². The van der Waals surface area contributed by atoms with E-state index in [1.807, 2.05) is 6.92 Å². The molecule has 0 aliphatic rings. The molecule has 28 heavy (non-hydrogen) atoms. The minimum atomic E-state index is -4.35. The molecule has 0 amide bonds. The summed E-state index contributed by atoms with van der Waals surface area (Å²) < 4.78 is 38.2. The molecular weight excluding hydrogens is 387 g/mol. The Kier molecular flexibility index (Phi) is 6.25. The molecule has 1 aromatic carbocycles. The van der Waals surface area contributed by atoms with Crippen LogP contribution in [0.1, 0.15) is 24.1 Å². The molecule has 0 unspecified atom stereocenters. The maximum atomic E-state index is 12.7. The number of rotatable bonds is 7. The summed E-state index contributed by atoms with van der Waals surface area (Å²) in [6.45, 7) is 3.24. The van der Waals surface area contributed by atoms with Gasteiger partial charge in [-0.25, -0.2) is 15.0 Å². The molecule has 0 saturated heterocycles. The minimum Gasteiger partial charge on any atom is -0.354 e. The van der Waals surface area contributed by atoms with Gasteiger partial charge in [0.1, 0.15) is 5.01 Å². The standard InChI is InChI=1S/C19H20F3N5S/c1-12-16(15-8-11-25-18(27-15)24-10-3-2-9-23)28-17(26-12)13-4-6-14(7-5-13)19(20,21)22/h4-8,11H,2-3,9-10,23H2,1H3,(H,24,25,27). The van der Waals surface area contributed by atoms with Crippen LogP contribution < -0.4 is 11.1 Å². The Labute approximate surface area is 164 Å². The van der Waals surface area contributed by atoms with E-state index in [2.05, 4.69) is 20.3 Å². The summed E-state index contributed by atoms with van der Waals surface area (Å²) in [6, 6.07) is 6.81. The van der Waals surface area contributed by atoms with Crippen LogP contribution in [-0.2, 0) is 6.18 Å². The summed E-state index contributed by atoms with van der Waals surface area (Å²) in [5.41, 5.74) is 6.95. The monoisotopic (exact) mass is 407 g/mol. The van der Waals surface area contributed by atoms with Crippen LogP contribution in [0.5, 0.6) is 0 Å². The molecule has 0 spiro atoms. The zero-order valence-corrected chi connectivity index (χ0v) is 16.1. The number of alkyl halides is 3. The first-order valence-corrected chi connectivity index (χ1v) is 9.62. The molecule has 5 nitrogen and oxygen atoms in total. The summed E-state index contributed by atoms with van der Waals surface area (Å²) >= 11 is 1.39. The van der Waals surface area contributed by atoms with E-state index < -0.39 is 11.7 Å². The van der Waals surface area contributed by atoms with E-state index in [4.69, 9.17) is 5.73 Å². The van der Waals surface area contributed by atoms with Crippen molar-refractivity contribution in [1.82, 2.24) is 15.0 Å². The first-order chi connectivity index (χ1) is 13.4. The highest BCUT2D eigenvalue weighted by molar-refractivity contribution is 7.18. The Hall–Kier alpha value is -2.52. The third-order valence-corrected chi connectivity index (χ3v) is 5.29. The van der Waals surface area contributed by atoms with Crippen LogP contribution in [0.25, 0.3) is 21.1 Å². The van der Waals surface area contributed by atoms with Crippen LogP contribution in [-0.4, -0.2) is 28.0 Å². The second-order valence-corrected chi connectivity index (χ2v) is 7.20. The lowest BCUT2D eigenvalue weighted by Gasteiger charge is -2.06. The summed E-state index contributed by atoms with van der Waals surface area (Å²) in [5.74, 6) is 0.526. The molecule has 0 fully saturated rings. The molecule has 0 radical (unpaired) electrons. The fraction of sp³-hybridized carbons (Fsp3) is 0.316. The Morgan fingerprint density at radius 3 is 2.50 bits per heavy atom. The molecule has 3 aromatic rings. The third-order valence-electron chi connectivity index (χ3n) is 4.06. The van der Waals surface area contributed by atoms with Crippen molar-refractivity contribution >= 4 is 17.3 Å². The van der Waals surface area contributed by atoms with Gasteiger partial charge in [0.15, 0.2) is 0 Å². The zero-order chi connectivity index (χ0) is 20.1. The SMILES string of the molecule is Cc1nc(-c2ccc(C(F)(F)F)cc2)sc1-c1ccnc(NCCCCN)n1. The van der Waals surface area contributed by atoms with Gasteiger partial charge in [-0.15, -0.1) is 11.3 Å². The van der Waals surface area contributed by atoms with Gasteiger partial charge in [0.2, 0.25) is 5.95 Å². The average molecular weight is 407 g/mol. The topological polar surface area (TPSA) is 76.7 Å². The number of unbranched alkanes of at least 4 members (excludes halogenated alkanes) is 1. The van der Waals surface area contributed by atoms with Crippen LogP contribution in [0.3, 0.4) is 0 Å². The highest BCUT2D eigenvalue weighted by atomic mass is 32.1. The van der Waals surface area contributed by atoms with Gasteiger partial charge < -0.3 is 11.1 Å². The lowest BCUT2D eigenvalue weighted by Crippen LogP contribution is -2.08. The van der Waals surface area contributed by atoms with Crippen molar-refractivity contribution in [2.24, 2.45) is 5.73 Å². The molecule has 0 atom stereocenters. The number of nitrogens with zero attached hydrogens (tertiary/aromatic N) is 3. The molecule has 0 bridgehead atoms. The van der Waals surface area contributed by atoms with Gasteiger partial charge in [0.05, 0.1) is 21.8 Å². The molecule has 2 heterocycles. The fourth-order valence-electron chi connectivity index (χ4n) is 2.60. The predicted octanol–water partition coefficient (Wildman–Crippen LogP) is 4.75. The maximum Gasteiger partial charge on any atom is 0.416 e. The summed E-state index contributed by atoms with van der Waals surface area (Å²) in [4.78, 5) is 14.1. The van der Waals surface area contributed by atoms with Gasteiger partial charge in [-0.05, 0) is 44.5 Å². The molecule has 0 saturated carbocycles. The fourth-order valence-corrected chi connectivity index (χ4v) is 3.64. The Morgan fingerprint density at radius 1 is 1.07 bits per heavy atom. The number of nitrogens with one attached hydrogen (secondary N) is 1. The summed E-state index contributed by atoms with van der Waals surface area (Å²) in [6.07, 6.45) is -0.819. The van der Waals surface area contributed by atoms with Crippen molar-refractivity contribution in [3.63, 3.8) is 0 Å². The Balaban J connectivity index is 1.80. The first-order valence-electron chi connectivity index (χ1n) is 8.81. The maximum absolute atomic E-state index is 12.7. The van der Waals surface area contributed by atoms with Crippen LogP contribution in [0.4, 0.5) is 19.1 Å². The van der Waals surface area contributed by atoms with Crippen LogP contribution in [0.2, 0.25) is 0 Å². The summed E-state index contributed by atoms with van der Waals surface area (Å²) in [5, 5.41) is 3.82. The van der Waals surface area contributed by atoms with E-state index >= 15 is 0 Å². The van der Waals surface area contributed by atoms with Gasteiger partial charge in [-0.2, -0.15) is 13.2 Å². The quantitative estimate of drug-likeness (QED) is 0.553. The Bertz CT molecular complexity index is 922. The number of nitrogens with two attached hydrogens (primary N) is 1. The lowest BCUT2D eigenvalue weighted by molar-refractivity contribution is -0.137. The van der Waals surface area contributed by atoms with Gasteiger partial charge in [0, 0.05) is 18.3 Å². The highest BCUT2D eigenvalue weighted by Gasteiger charge is 2.30. The molecule has 3 rings (SSSR count). The van der Waals surface area contributed by atoms with Crippen LogP contribution in [0.15, 0.2) is 36.5 Å². The number of thiazole rings is 1. The number of aromatic nitrogens is 3. The minimum absolute atomic E-state index is 0.526. The molecular formula is C19H20F3N5S. The van der Waals surface area contributed by atoms with E-state index in [9.17, 15) is 13.2 Å². The smallest absolute Gasteiger partial charge is 0.354 e. The number of hydrogen-bond donors (Lipinski definition) is 2. The molecule has 2 aromatic heterocycles. The Morgan fingerprint density at radius 2 is 1.82 bits per heavy atom. The molecule has 3 N–H and O–H groups in total. The number of aryl methyl sites for hydroxylation is 1. The lowest BCUT2D eigenvalue weighted by atomic mass is 10.1. The van der Waals surface area contributed by atoms with Crippen molar-refractivity contribution in [2.45, 2.75) is 25.9 Å². The largest absolute Gasteiger partial charge is 0.416 e. The van der Waals surface area contributed by atoms with Crippen molar-refractivity contribution in [2.75, 3.05) is 18.4 Å². The predicted molar refractivity (Wildman–Crippen MR) is 105 cm³/mol. The van der Waals surface area contributed by atoms with Crippen molar-refractivity contribution in [1.29, 1.82) is 0 Å².